The molecule has 7 rings (SSSR count). The molecule has 1 N–H and O–H groups in total. The average molecular weight is 707 g/mol. The maximum atomic E-state index is 11.3. The molecule has 7 heteroatoms. The Morgan fingerprint density at radius 3 is 1.96 bits per heavy atom. The fourth-order valence-corrected chi connectivity index (χ4v) is 8.23. The number of aromatic nitrogens is 1. The molecule has 4 heterocycles. The van der Waals surface area contributed by atoms with Crippen molar-refractivity contribution in [2.24, 2.45) is 0 Å². The normalized spacial score (nSPS) is 12.4. The van der Waals surface area contributed by atoms with Crippen LogP contribution in [0, 0.1) is 11.3 Å². The molecule has 0 fully saturated rings. The summed E-state index contributed by atoms with van der Waals surface area (Å²) < 4.78 is 8.82. The van der Waals surface area contributed by atoms with Crippen LogP contribution in [0.2, 0.25) is 0 Å². The number of thiophene rings is 2. The van der Waals surface area contributed by atoms with Crippen LogP contribution in [0.5, 0.6) is 0 Å². The van der Waals surface area contributed by atoms with Gasteiger partial charge in [0.25, 0.3) is 0 Å². The zero-order valence-electron chi connectivity index (χ0n) is 29.4. The van der Waals surface area contributed by atoms with E-state index in [0.717, 1.165) is 42.9 Å². The maximum absolute atomic E-state index is 11.3. The number of aliphatic carboxylic acids is 1. The van der Waals surface area contributed by atoms with Gasteiger partial charge in [-0.25, -0.2) is 4.79 Å². The lowest BCUT2D eigenvalue weighted by atomic mass is 9.80. The predicted octanol–water partition coefficient (Wildman–Crippen LogP) is 12.6. The van der Waals surface area contributed by atoms with Crippen molar-refractivity contribution in [1.82, 2.24) is 4.57 Å². The molecule has 0 saturated heterocycles. The van der Waals surface area contributed by atoms with Crippen LogP contribution in [-0.2, 0) is 15.6 Å². The molecule has 0 amide bonds. The highest BCUT2D eigenvalue weighted by Gasteiger charge is 2.26. The lowest BCUT2D eigenvalue weighted by Crippen LogP contribution is -2.17. The van der Waals surface area contributed by atoms with Crippen molar-refractivity contribution in [2.45, 2.75) is 52.4 Å². The third kappa shape index (κ3) is 6.61. The van der Waals surface area contributed by atoms with Gasteiger partial charge < -0.3 is 14.1 Å². The molecule has 0 radical (unpaired) electrons. The predicted molar refractivity (Wildman–Crippen MR) is 212 cm³/mol. The Balaban J connectivity index is 1.38. The van der Waals surface area contributed by atoms with Crippen LogP contribution in [0.1, 0.15) is 57.5 Å². The molecule has 0 aliphatic rings. The van der Waals surface area contributed by atoms with E-state index in [0.29, 0.717) is 10.6 Å². The standard InChI is InChI=1S/C44H38N2O3S2/c1-43(2,3)29-23-30(44(4,5)6)25-31(24-29)46-34-15-11-10-14-33(34)40(41(46)27-12-8-7-9-13-27)39-21-20-38(51-39)36-18-17-35(49-36)37-19-16-32(50-37)22-28(26-45)42(47)48/h7-25H,1-6H3,(H,47,48)/b28-22+. The van der Waals surface area contributed by atoms with Gasteiger partial charge in [0.2, 0.25) is 0 Å². The van der Waals surface area contributed by atoms with Crippen molar-refractivity contribution in [1.29, 1.82) is 5.26 Å². The Bertz CT molecular complexity index is 2450. The summed E-state index contributed by atoms with van der Waals surface area (Å²) in [5, 5.41) is 19.6. The molecule has 3 aromatic carbocycles. The van der Waals surface area contributed by atoms with Gasteiger partial charge in [0.15, 0.2) is 0 Å². The van der Waals surface area contributed by atoms with E-state index in [1.54, 1.807) is 23.5 Å². The highest BCUT2D eigenvalue weighted by Crippen LogP contribution is 2.47. The van der Waals surface area contributed by atoms with Crippen LogP contribution >= 0.6 is 22.7 Å². The summed E-state index contributed by atoms with van der Waals surface area (Å²) in [6.07, 6.45) is 1.38. The van der Waals surface area contributed by atoms with Crippen molar-refractivity contribution in [2.75, 3.05) is 0 Å². The first kappa shape index (κ1) is 34.0. The molecular weight excluding hydrogens is 669 g/mol. The molecule has 0 saturated carbocycles. The highest BCUT2D eigenvalue weighted by atomic mass is 32.1. The van der Waals surface area contributed by atoms with E-state index in [1.807, 2.05) is 18.2 Å². The second-order valence-corrected chi connectivity index (χ2v) is 16.9. The van der Waals surface area contributed by atoms with Gasteiger partial charge in [-0.2, -0.15) is 5.26 Å². The lowest BCUT2D eigenvalue weighted by Gasteiger charge is -2.27. The number of carbonyl (C=O) groups is 1. The monoisotopic (exact) mass is 706 g/mol. The minimum atomic E-state index is -1.24. The number of fused-ring (bicyclic) bond motifs is 1. The largest absolute Gasteiger partial charge is 0.477 e. The van der Waals surface area contributed by atoms with E-state index in [4.69, 9.17) is 9.68 Å². The minimum Gasteiger partial charge on any atom is -0.477 e. The Morgan fingerprint density at radius 2 is 1.33 bits per heavy atom. The van der Waals surface area contributed by atoms with E-state index < -0.39 is 5.97 Å². The molecule has 0 aliphatic carbocycles. The van der Waals surface area contributed by atoms with Crippen LogP contribution < -0.4 is 0 Å². The molecule has 4 aromatic heterocycles. The third-order valence-corrected chi connectivity index (χ3v) is 11.2. The van der Waals surface area contributed by atoms with Crippen molar-refractivity contribution < 1.29 is 14.3 Å². The fourth-order valence-electron chi connectivity index (χ4n) is 6.29. The van der Waals surface area contributed by atoms with Crippen LogP contribution in [-0.4, -0.2) is 15.6 Å². The Morgan fingerprint density at radius 1 is 0.745 bits per heavy atom. The number of para-hydroxylation sites is 1. The van der Waals surface area contributed by atoms with E-state index in [9.17, 15) is 9.90 Å². The van der Waals surface area contributed by atoms with E-state index in [2.05, 4.69) is 131 Å². The molecule has 0 bridgehead atoms. The molecular formula is C44H38N2O3S2. The first-order chi connectivity index (χ1) is 24.3. The van der Waals surface area contributed by atoms with Crippen LogP contribution in [0.3, 0.4) is 0 Å². The number of nitriles is 1. The van der Waals surface area contributed by atoms with E-state index in [-0.39, 0.29) is 16.4 Å². The van der Waals surface area contributed by atoms with Gasteiger partial charge in [0.1, 0.15) is 23.2 Å². The number of furan rings is 1. The van der Waals surface area contributed by atoms with Gasteiger partial charge in [-0.1, -0.05) is 96.1 Å². The SMILES string of the molecule is CC(C)(C)c1cc(-n2c(-c3ccccc3)c(-c3ccc(-c4ccc(-c5ccc(/C=C(\C#N)C(=O)O)s5)o4)s3)c3ccccc32)cc(C(C)(C)C)c1. The molecule has 5 nitrogen and oxygen atoms in total. The third-order valence-electron chi connectivity index (χ3n) is 9.04. The van der Waals surface area contributed by atoms with Crippen LogP contribution in [0.4, 0.5) is 0 Å². The summed E-state index contributed by atoms with van der Waals surface area (Å²) in [7, 11) is 0. The number of carboxylic acid groups (broad SMARTS) is 1. The maximum Gasteiger partial charge on any atom is 0.346 e. The van der Waals surface area contributed by atoms with E-state index >= 15 is 0 Å². The van der Waals surface area contributed by atoms with Gasteiger partial charge >= 0.3 is 5.97 Å². The van der Waals surface area contributed by atoms with Crippen LogP contribution in [0.25, 0.3) is 65.6 Å². The van der Waals surface area contributed by atoms with Crippen molar-refractivity contribution in [3.8, 4) is 54.7 Å². The van der Waals surface area contributed by atoms with Crippen LogP contribution in [0.15, 0.2) is 119 Å². The summed E-state index contributed by atoms with van der Waals surface area (Å²) in [5.41, 5.74) is 8.01. The Kier molecular flexibility index (Phi) is 8.71. The second kappa shape index (κ2) is 13.0. The first-order valence-corrected chi connectivity index (χ1v) is 18.5. The molecule has 0 aliphatic heterocycles. The highest BCUT2D eigenvalue weighted by molar-refractivity contribution is 7.19. The zero-order valence-corrected chi connectivity index (χ0v) is 31.1. The Hall–Kier alpha value is -5.42. The summed E-state index contributed by atoms with van der Waals surface area (Å²) >= 11 is 3.08. The summed E-state index contributed by atoms with van der Waals surface area (Å²) in [5.74, 6) is 0.203. The first-order valence-electron chi connectivity index (χ1n) is 16.8. The summed E-state index contributed by atoms with van der Waals surface area (Å²) in [6, 6.07) is 40.1. The topological polar surface area (TPSA) is 79.2 Å². The van der Waals surface area contributed by atoms with Gasteiger partial charge in [0.05, 0.1) is 21.0 Å². The van der Waals surface area contributed by atoms with Crippen molar-refractivity contribution >= 4 is 45.6 Å². The summed E-state index contributed by atoms with van der Waals surface area (Å²) in [4.78, 5) is 15.0. The van der Waals surface area contributed by atoms with Crippen molar-refractivity contribution in [3.05, 3.63) is 131 Å². The number of hydrogen-bond donors (Lipinski definition) is 1. The summed E-state index contributed by atoms with van der Waals surface area (Å²) in [6.45, 7) is 13.7. The minimum absolute atomic E-state index is 0.0291. The van der Waals surface area contributed by atoms with Gasteiger partial charge in [-0.05, 0) is 88.2 Å². The molecule has 0 unspecified atom stereocenters. The quantitative estimate of drug-likeness (QED) is 0.132. The number of hydrogen-bond acceptors (Lipinski definition) is 5. The van der Waals surface area contributed by atoms with Gasteiger partial charge in [-0.3, -0.25) is 0 Å². The molecule has 0 spiro atoms. The van der Waals surface area contributed by atoms with Gasteiger partial charge in [-0.15, -0.1) is 22.7 Å². The zero-order chi connectivity index (χ0) is 36.1. The molecule has 254 valence electrons. The molecule has 0 atom stereocenters. The lowest BCUT2D eigenvalue weighted by molar-refractivity contribution is -0.132. The molecule has 51 heavy (non-hydrogen) atoms. The number of nitrogens with zero attached hydrogens (tertiary/aromatic N) is 2. The van der Waals surface area contributed by atoms with E-state index in [1.165, 1.54) is 39.5 Å². The smallest absolute Gasteiger partial charge is 0.346 e. The fraction of sp³-hybridized carbons (Fsp3) is 0.182. The van der Waals surface area contributed by atoms with Crippen molar-refractivity contribution in [3.63, 3.8) is 0 Å². The number of carboxylic acids is 1. The second-order valence-electron chi connectivity index (χ2n) is 14.7. The number of rotatable bonds is 7. The average Bonchev–Trinajstić information content (AvgIpc) is 3.91. The number of benzene rings is 3. The van der Waals surface area contributed by atoms with Gasteiger partial charge in [0, 0.05) is 26.4 Å². The molecule has 7 aromatic rings. The Labute approximate surface area is 306 Å².